The Labute approximate surface area is 273 Å². The summed E-state index contributed by atoms with van der Waals surface area (Å²) in [5, 5.41) is 0. The zero-order valence-corrected chi connectivity index (χ0v) is 28.4. The number of ether oxygens (including phenoxy) is 1. The van der Waals surface area contributed by atoms with Crippen LogP contribution in [0.5, 0.6) is 0 Å². The minimum Gasteiger partial charge on any atom is -0.372 e. The van der Waals surface area contributed by atoms with E-state index in [4.69, 9.17) is 4.74 Å². The van der Waals surface area contributed by atoms with Crippen molar-refractivity contribution < 1.29 is 13.9 Å². The lowest BCUT2D eigenvalue weighted by Gasteiger charge is -2.20. The smallest absolute Gasteiger partial charge is 0.171 e. The van der Waals surface area contributed by atoms with E-state index in [2.05, 4.69) is 169 Å². The van der Waals surface area contributed by atoms with Gasteiger partial charge in [0.25, 0.3) is 0 Å². The molecule has 4 rings (SSSR count). The highest BCUT2D eigenvalue weighted by Crippen LogP contribution is 2.17. The summed E-state index contributed by atoms with van der Waals surface area (Å²) in [7, 11) is 0. The molecule has 0 saturated carbocycles. The van der Waals surface area contributed by atoms with E-state index in [-0.39, 0.29) is 14.9 Å². The van der Waals surface area contributed by atoms with Gasteiger partial charge in [-0.15, -0.1) is 0 Å². The van der Waals surface area contributed by atoms with Gasteiger partial charge in [0, 0.05) is 61.8 Å². The van der Waals surface area contributed by atoms with E-state index >= 15 is 0 Å². The predicted octanol–water partition coefficient (Wildman–Crippen LogP) is 7.91. The first-order valence-electron chi connectivity index (χ1n) is 15.7. The highest BCUT2D eigenvalue weighted by atomic mass is 16.5. The van der Waals surface area contributed by atoms with Crippen LogP contribution in [-0.4, -0.2) is 39.4 Å². The fourth-order valence-corrected chi connectivity index (χ4v) is 5.05. The number of pyridine rings is 2. The normalized spacial score (nSPS) is 10.9. The first-order chi connectivity index (χ1) is 21.1. The van der Waals surface area contributed by atoms with Crippen LogP contribution in [0.4, 0.5) is 11.4 Å². The van der Waals surface area contributed by atoms with Crippen LogP contribution < -0.4 is 18.9 Å². The van der Waals surface area contributed by atoms with Gasteiger partial charge in [0.15, 0.2) is 37.9 Å². The maximum absolute atomic E-state index is 5.92. The van der Waals surface area contributed by atoms with Crippen LogP contribution in [0.15, 0.2) is 97.6 Å². The molecule has 0 amide bonds. The van der Waals surface area contributed by atoms with Gasteiger partial charge in [0.05, 0.1) is 0 Å². The molecule has 0 atom stereocenters. The maximum atomic E-state index is 5.92. The third-order valence-electron chi connectivity index (χ3n) is 7.80. The second-order valence-corrected chi connectivity index (χ2v) is 10.5. The number of aromatic nitrogens is 2. The average Bonchev–Trinajstić information content (AvgIpc) is 3.06. The second-order valence-electron chi connectivity index (χ2n) is 10.5. The summed E-state index contributed by atoms with van der Waals surface area (Å²) in [6.45, 7) is 15.9. The number of hydrogen-bond donors (Lipinski definition) is 0. The lowest BCUT2D eigenvalue weighted by atomic mass is 10.1. The molecular formula is C40H54N4O. The number of hydrogen-bond acceptors (Lipinski definition) is 3. The summed E-state index contributed by atoms with van der Waals surface area (Å²) >= 11 is 0. The zero-order chi connectivity index (χ0) is 30.3. The fraction of sp³-hybridized carbons (Fsp3) is 0.300. The molecule has 2 aromatic heterocycles. The Hall–Kier alpha value is -4.22. The Morgan fingerprint density at radius 2 is 0.756 bits per heavy atom. The molecule has 240 valence electrons. The van der Waals surface area contributed by atoms with Crippen molar-refractivity contribution in [2.75, 3.05) is 49.2 Å². The lowest BCUT2D eigenvalue weighted by Crippen LogP contribution is -2.37. The summed E-state index contributed by atoms with van der Waals surface area (Å²) in [6.07, 6.45) is 17.1. The van der Waals surface area contributed by atoms with Crippen LogP contribution in [-0.2, 0) is 17.8 Å². The van der Waals surface area contributed by atoms with Gasteiger partial charge in [0.1, 0.15) is 13.2 Å². The van der Waals surface area contributed by atoms with Crippen LogP contribution in [0.2, 0.25) is 0 Å². The number of rotatable bonds is 16. The van der Waals surface area contributed by atoms with Gasteiger partial charge in [-0.1, -0.05) is 48.6 Å². The lowest BCUT2D eigenvalue weighted by molar-refractivity contribution is -0.705. The summed E-state index contributed by atoms with van der Waals surface area (Å²) < 4.78 is 10.3. The summed E-state index contributed by atoms with van der Waals surface area (Å²) in [5.41, 5.74) is 7.35. The molecule has 0 aliphatic rings. The molecule has 0 saturated heterocycles. The largest absolute Gasteiger partial charge is 0.372 e. The molecule has 4 aromatic rings. The van der Waals surface area contributed by atoms with Crippen LogP contribution >= 0.6 is 0 Å². The minimum absolute atomic E-state index is 0. The molecule has 5 heteroatoms. The molecule has 0 N–H and O–H groups in total. The van der Waals surface area contributed by atoms with Crippen molar-refractivity contribution in [2.24, 2.45) is 0 Å². The van der Waals surface area contributed by atoms with Gasteiger partial charge in [0.2, 0.25) is 0 Å². The van der Waals surface area contributed by atoms with Gasteiger partial charge < -0.3 is 29.4 Å². The van der Waals surface area contributed by atoms with Crippen LogP contribution in [0.1, 0.15) is 49.9 Å². The van der Waals surface area contributed by atoms with E-state index in [9.17, 15) is 0 Å². The Balaban J connectivity index is 0.00000353. The van der Waals surface area contributed by atoms with Gasteiger partial charge in [-0.25, -0.2) is 9.13 Å². The van der Waals surface area contributed by atoms with Crippen LogP contribution in [0.25, 0.3) is 24.3 Å². The van der Waals surface area contributed by atoms with Crippen molar-refractivity contribution >= 4 is 35.7 Å². The first kappa shape index (κ1) is 37.0. The van der Waals surface area contributed by atoms with E-state index < -0.39 is 0 Å². The highest BCUT2D eigenvalue weighted by Gasteiger charge is 2.04. The van der Waals surface area contributed by atoms with Crippen molar-refractivity contribution in [1.29, 1.82) is 0 Å². The number of nitrogens with zero attached hydrogens (tertiary/aromatic N) is 4. The standard InChI is InChI=1S/C38H48N4O.2CH3/c1-5-41(6-2)37-17-13-33(14-18-37)9-11-35-21-25-39(26-22-35)29-31-43-32-30-40-27-23-36(24-28-40)12-10-34-15-19-38(20-16-34)42(7-3)8-4;;/h9-28H,5-8,29-32H2,1-4H3;2*1H3/q+2;2*-1. The molecular weight excluding hydrogens is 552 g/mol. The Bertz CT molecular complexity index is 1290. The number of benzene rings is 2. The third-order valence-corrected chi connectivity index (χ3v) is 7.80. The molecule has 0 radical (unpaired) electrons. The van der Waals surface area contributed by atoms with E-state index in [1.807, 2.05) is 0 Å². The fourth-order valence-electron chi connectivity index (χ4n) is 5.05. The Morgan fingerprint density at radius 1 is 0.467 bits per heavy atom. The van der Waals surface area contributed by atoms with Crippen molar-refractivity contribution in [1.82, 2.24) is 0 Å². The predicted molar refractivity (Wildman–Crippen MR) is 195 cm³/mol. The van der Waals surface area contributed by atoms with Gasteiger partial charge in [-0.05, 0) is 74.2 Å². The summed E-state index contributed by atoms with van der Waals surface area (Å²) in [5.74, 6) is 0. The van der Waals surface area contributed by atoms with E-state index in [0.29, 0.717) is 13.2 Å². The molecule has 0 spiro atoms. The minimum atomic E-state index is 0. The molecule has 5 nitrogen and oxygen atoms in total. The van der Waals surface area contributed by atoms with E-state index in [0.717, 1.165) is 39.3 Å². The Kier molecular flexibility index (Phi) is 16.4. The quantitative estimate of drug-likeness (QED) is 0.0736. The van der Waals surface area contributed by atoms with Crippen molar-refractivity contribution in [2.45, 2.75) is 40.8 Å². The highest BCUT2D eigenvalue weighted by molar-refractivity contribution is 5.71. The molecule has 0 unspecified atom stereocenters. The Morgan fingerprint density at radius 3 is 1.04 bits per heavy atom. The summed E-state index contributed by atoms with van der Waals surface area (Å²) in [6, 6.07) is 26.1. The van der Waals surface area contributed by atoms with E-state index in [1.54, 1.807) is 0 Å². The van der Waals surface area contributed by atoms with Crippen molar-refractivity contribution in [3.05, 3.63) is 135 Å². The van der Waals surface area contributed by atoms with Gasteiger partial charge in [-0.2, -0.15) is 0 Å². The molecule has 0 aliphatic carbocycles. The molecule has 0 bridgehead atoms. The monoisotopic (exact) mass is 606 g/mol. The molecule has 2 heterocycles. The van der Waals surface area contributed by atoms with Gasteiger partial charge in [-0.3, -0.25) is 0 Å². The van der Waals surface area contributed by atoms with Crippen molar-refractivity contribution in [3.8, 4) is 0 Å². The molecule has 2 aromatic carbocycles. The topological polar surface area (TPSA) is 23.5 Å². The van der Waals surface area contributed by atoms with Crippen molar-refractivity contribution in [3.63, 3.8) is 0 Å². The molecule has 45 heavy (non-hydrogen) atoms. The first-order valence-corrected chi connectivity index (χ1v) is 15.7. The van der Waals surface area contributed by atoms with Crippen LogP contribution in [0, 0.1) is 14.9 Å². The number of anilines is 2. The second kappa shape index (κ2) is 19.9. The molecule has 0 fully saturated rings. The van der Waals surface area contributed by atoms with Crippen LogP contribution in [0.3, 0.4) is 0 Å². The maximum Gasteiger partial charge on any atom is 0.171 e. The third kappa shape index (κ3) is 11.7. The zero-order valence-electron chi connectivity index (χ0n) is 28.4. The molecule has 0 aliphatic heterocycles. The van der Waals surface area contributed by atoms with Gasteiger partial charge >= 0.3 is 0 Å². The summed E-state index contributed by atoms with van der Waals surface area (Å²) in [4.78, 5) is 4.72. The average molecular weight is 607 g/mol. The van der Waals surface area contributed by atoms with E-state index in [1.165, 1.54) is 33.6 Å². The SMILES string of the molecule is CCN(CC)c1ccc(/C=C/c2cc[n+](CCOCC[n+]3ccc(/C=C/c4ccc(N(CC)CC)cc4)cc3)cc2)cc1.[CH3-].[CH3-].